The van der Waals surface area contributed by atoms with Crippen molar-refractivity contribution in [2.24, 2.45) is 0 Å². The predicted molar refractivity (Wildman–Crippen MR) is 131 cm³/mol. The maximum Gasteiger partial charge on any atom is 0.255 e. The molecule has 0 aromatic heterocycles. The van der Waals surface area contributed by atoms with Gasteiger partial charge in [-0.05, 0) is 62.2 Å². The molecule has 0 radical (unpaired) electrons. The molecule has 0 bridgehead atoms. The lowest BCUT2D eigenvalue weighted by Crippen LogP contribution is -2.49. The van der Waals surface area contributed by atoms with Crippen molar-refractivity contribution < 1.29 is 23.5 Å². The first-order valence-electron chi connectivity index (χ1n) is 11.5. The number of fused-ring (bicyclic) bond motifs is 1. The molecule has 1 unspecified atom stereocenters. The van der Waals surface area contributed by atoms with E-state index in [1.54, 1.807) is 18.2 Å². The van der Waals surface area contributed by atoms with Gasteiger partial charge in [-0.25, -0.2) is 4.39 Å². The first-order valence-corrected chi connectivity index (χ1v) is 11.5. The fourth-order valence-electron chi connectivity index (χ4n) is 3.96. The van der Waals surface area contributed by atoms with E-state index in [1.807, 2.05) is 51.1 Å². The van der Waals surface area contributed by atoms with Gasteiger partial charge in [0.2, 0.25) is 5.91 Å². The van der Waals surface area contributed by atoms with Crippen LogP contribution >= 0.6 is 0 Å². The zero-order valence-corrected chi connectivity index (χ0v) is 20.1. The first-order chi connectivity index (χ1) is 16.7. The molecule has 0 fully saturated rings. The van der Waals surface area contributed by atoms with Gasteiger partial charge in [0.15, 0.2) is 11.5 Å². The number of amides is 2. The molecule has 1 heterocycles. The van der Waals surface area contributed by atoms with Gasteiger partial charge in [0.1, 0.15) is 25.1 Å². The van der Waals surface area contributed by atoms with Crippen molar-refractivity contribution in [2.75, 3.05) is 13.2 Å². The van der Waals surface area contributed by atoms with E-state index in [-0.39, 0.29) is 18.4 Å². The van der Waals surface area contributed by atoms with Crippen LogP contribution in [0.5, 0.6) is 11.5 Å². The van der Waals surface area contributed by atoms with Crippen LogP contribution in [0.25, 0.3) is 0 Å². The zero-order chi connectivity index (χ0) is 25.0. The van der Waals surface area contributed by atoms with E-state index in [0.717, 1.165) is 5.56 Å². The molecule has 3 aromatic carbocycles. The lowest BCUT2D eigenvalue weighted by molar-refractivity contribution is -0.127. The van der Waals surface area contributed by atoms with Crippen molar-refractivity contribution in [1.82, 2.24) is 10.2 Å². The normalized spacial score (nSPS) is 13.6. The van der Waals surface area contributed by atoms with Crippen LogP contribution in [-0.4, -0.2) is 35.5 Å². The predicted octanol–water partition coefficient (Wildman–Crippen LogP) is 4.90. The maximum atomic E-state index is 14.0. The summed E-state index contributed by atoms with van der Waals surface area (Å²) in [5, 5.41) is 2.98. The Morgan fingerprint density at radius 3 is 2.26 bits per heavy atom. The molecule has 0 aliphatic carbocycles. The second-order valence-electron chi connectivity index (χ2n) is 9.47. The van der Waals surface area contributed by atoms with Crippen molar-refractivity contribution >= 4 is 11.8 Å². The van der Waals surface area contributed by atoms with Crippen molar-refractivity contribution in [1.29, 1.82) is 0 Å². The van der Waals surface area contributed by atoms with Gasteiger partial charge in [0.25, 0.3) is 5.91 Å². The number of hydrogen-bond donors (Lipinski definition) is 1. The minimum absolute atomic E-state index is 0.174. The summed E-state index contributed by atoms with van der Waals surface area (Å²) in [5.74, 6) is -0.0751. The highest BCUT2D eigenvalue weighted by Crippen LogP contribution is 2.33. The summed E-state index contributed by atoms with van der Waals surface area (Å²) in [6.07, 6.45) is 0. The van der Waals surface area contributed by atoms with Gasteiger partial charge in [-0.1, -0.05) is 42.5 Å². The van der Waals surface area contributed by atoms with Crippen molar-refractivity contribution in [3.05, 3.63) is 95.3 Å². The van der Waals surface area contributed by atoms with Crippen LogP contribution in [0.2, 0.25) is 0 Å². The van der Waals surface area contributed by atoms with Crippen LogP contribution in [-0.2, 0) is 11.3 Å². The van der Waals surface area contributed by atoms with Gasteiger partial charge in [-0.2, -0.15) is 0 Å². The van der Waals surface area contributed by atoms with Gasteiger partial charge >= 0.3 is 0 Å². The molecule has 1 N–H and O–H groups in total. The smallest absolute Gasteiger partial charge is 0.255 e. The third kappa shape index (κ3) is 5.98. The number of ether oxygens (including phenoxy) is 2. The lowest BCUT2D eigenvalue weighted by atomic mass is 9.99. The molecule has 7 heteroatoms. The number of rotatable bonds is 6. The van der Waals surface area contributed by atoms with Crippen LogP contribution in [0.4, 0.5) is 4.39 Å². The molecule has 4 rings (SSSR count). The Morgan fingerprint density at radius 1 is 0.943 bits per heavy atom. The molecular formula is C28H29FN2O4. The van der Waals surface area contributed by atoms with Crippen LogP contribution in [0.15, 0.2) is 72.8 Å². The van der Waals surface area contributed by atoms with Crippen LogP contribution < -0.4 is 14.8 Å². The molecule has 35 heavy (non-hydrogen) atoms. The average molecular weight is 477 g/mol. The summed E-state index contributed by atoms with van der Waals surface area (Å²) in [5.41, 5.74) is 1.19. The number of halogens is 1. The average Bonchev–Trinajstić information content (AvgIpc) is 2.83. The van der Waals surface area contributed by atoms with E-state index < -0.39 is 17.4 Å². The Morgan fingerprint density at radius 2 is 1.60 bits per heavy atom. The standard InChI is InChI=1S/C28H29FN2O4/c1-28(2,3)30-26(32)25(20-9-12-22(29)13-10-20)31(18-19-7-5-4-6-8-19)27(33)21-11-14-23-24(17-21)35-16-15-34-23/h4-14,17,25H,15-16,18H2,1-3H3,(H,30,32). The molecule has 0 saturated carbocycles. The van der Waals surface area contributed by atoms with E-state index >= 15 is 0 Å². The highest BCUT2D eigenvalue weighted by Gasteiger charge is 2.34. The summed E-state index contributed by atoms with van der Waals surface area (Å²) in [4.78, 5) is 29.1. The fourth-order valence-corrected chi connectivity index (χ4v) is 3.96. The molecule has 1 aliphatic heterocycles. The highest BCUT2D eigenvalue weighted by atomic mass is 19.1. The van der Waals surface area contributed by atoms with E-state index in [4.69, 9.17) is 9.47 Å². The minimum Gasteiger partial charge on any atom is -0.486 e. The van der Waals surface area contributed by atoms with Crippen LogP contribution in [0, 0.1) is 5.82 Å². The number of hydrogen-bond acceptors (Lipinski definition) is 4. The summed E-state index contributed by atoms with van der Waals surface area (Å²) in [6.45, 7) is 6.63. The Bertz CT molecular complexity index is 1190. The molecule has 182 valence electrons. The fraction of sp³-hybridized carbons (Fsp3) is 0.286. The molecule has 3 aromatic rings. The SMILES string of the molecule is CC(C)(C)NC(=O)C(c1ccc(F)cc1)N(Cc1ccccc1)C(=O)c1ccc2c(c1)OCCO2. The highest BCUT2D eigenvalue weighted by molar-refractivity contribution is 5.98. The number of benzene rings is 3. The monoisotopic (exact) mass is 476 g/mol. The Hall–Kier alpha value is -3.87. The molecule has 6 nitrogen and oxygen atoms in total. The Labute approximate surface area is 204 Å². The maximum absolute atomic E-state index is 14.0. The Kier molecular flexibility index (Phi) is 7.05. The Balaban J connectivity index is 1.79. The summed E-state index contributed by atoms with van der Waals surface area (Å²) < 4.78 is 25.0. The second kappa shape index (κ2) is 10.2. The van der Waals surface area contributed by atoms with Gasteiger partial charge < -0.3 is 19.7 Å². The molecule has 0 saturated heterocycles. The topological polar surface area (TPSA) is 67.9 Å². The van der Waals surface area contributed by atoms with Crippen LogP contribution in [0.1, 0.15) is 48.3 Å². The molecule has 1 aliphatic rings. The van der Waals surface area contributed by atoms with Gasteiger partial charge in [0, 0.05) is 17.6 Å². The van der Waals surface area contributed by atoms with Gasteiger partial charge in [-0.3, -0.25) is 9.59 Å². The molecule has 0 spiro atoms. The van der Waals surface area contributed by atoms with E-state index in [1.165, 1.54) is 29.2 Å². The van der Waals surface area contributed by atoms with Gasteiger partial charge in [0.05, 0.1) is 0 Å². The van der Waals surface area contributed by atoms with Crippen molar-refractivity contribution in [3.63, 3.8) is 0 Å². The van der Waals surface area contributed by atoms with E-state index in [0.29, 0.717) is 35.8 Å². The number of carbonyl (C=O) groups excluding carboxylic acids is 2. The molecular weight excluding hydrogens is 447 g/mol. The number of nitrogens with one attached hydrogen (secondary N) is 1. The zero-order valence-electron chi connectivity index (χ0n) is 20.1. The third-order valence-electron chi connectivity index (χ3n) is 5.49. The van der Waals surface area contributed by atoms with Crippen LogP contribution in [0.3, 0.4) is 0 Å². The second-order valence-corrected chi connectivity index (χ2v) is 9.47. The molecule has 2 amide bonds. The largest absolute Gasteiger partial charge is 0.486 e. The number of carbonyl (C=O) groups is 2. The van der Waals surface area contributed by atoms with Crippen molar-refractivity contribution in [2.45, 2.75) is 38.9 Å². The summed E-state index contributed by atoms with van der Waals surface area (Å²) >= 11 is 0. The number of nitrogens with zero attached hydrogens (tertiary/aromatic N) is 1. The first kappa shape index (κ1) is 24.3. The summed E-state index contributed by atoms with van der Waals surface area (Å²) in [6, 6.07) is 19.1. The van der Waals surface area contributed by atoms with Crippen molar-refractivity contribution in [3.8, 4) is 11.5 Å². The van der Waals surface area contributed by atoms with Gasteiger partial charge in [-0.15, -0.1) is 0 Å². The third-order valence-corrected chi connectivity index (χ3v) is 5.49. The summed E-state index contributed by atoms with van der Waals surface area (Å²) in [7, 11) is 0. The van der Waals surface area contributed by atoms with E-state index in [9.17, 15) is 14.0 Å². The van der Waals surface area contributed by atoms with E-state index in [2.05, 4.69) is 5.32 Å². The molecule has 1 atom stereocenters. The minimum atomic E-state index is -0.990. The lowest BCUT2D eigenvalue weighted by Gasteiger charge is -2.34. The quantitative estimate of drug-likeness (QED) is 0.550.